The molecule has 0 unspecified atom stereocenters. The van der Waals surface area contributed by atoms with Crippen LogP contribution in [0.1, 0.15) is 47.4 Å². The van der Waals surface area contributed by atoms with Crippen molar-refractivity contribution in [1.29, 1.82) is 0 Å². The van der Waals surface area contributed by atoms with E-state index < -0.39 is 0 Å². The predicted octanol–water partition coefficient (Wildman–Crippen LogP) is 2.67. The topological polar surface area (TPSA) is 88.5 Å². The molecule has 0 radical (unpaired) electrons. The van der Waals surface area contributed by atoms with E-state index in [-0.39, 0.29) is 11.9 Å². The summed E-state index contributed by atoms with van der Waals surface area (Å²) in [5.74, 6) is 0.492. The van der Waals surface area contributed by atoms with Crippen molar-refractivity contribution in [2.45, 2.75) is 45.2 Å². The molecule has 1 saturated carbocycles. The van der Waals surface area contributed by atoms with Gasteiger partial charge in [0.15, 0.2) is 0 Å². The van der Waals surface area contributed by atoms with Crippen LogP contribution < -0.4 is 5.32 Å². The van der Waals surface area contributed by atoms with Gasteiger partial charge in [-0.2, -0.15) is 10.2 Å². The molecule has 1 fully saturated rings. The summed E-state index contributed by atoms with van der Waals surface area (Å²) >= 11 is 0. The lowest BCUT2D eigenvalue weighted by atomic mass is 10.00. The van der Waals surface area contributed by atoms with Gasteiger partial charge in [-0.3, -0.25) is 14.6 Å². The molecule has 1 aliphatic rings. The lowest BCUT2D eigenvalue weighted by Crippen LogP contribution is -2.35. The molecular formula is C19H22N6O. The molecule has 0 aliphatic heterocycles. The summed E-state index contributed by atoms with van der Waals surface area (Å²) in [5.41, 5.74) is 5.16. The molecule has 2 aromatic heterocycles. The highest BCUT2D eigenvalue weighted by atomic mass is 16.1. The Hall–Kier alpha value is -2.96. The summed E-state index contributed by atoms with van der Waals surface area (Å²) in [6.07, 6.45) is 5.55. The quantitative estimate of drug-likeness (QED) is 0.715. The number of carbonyl (C=O) groups excluding carboxylic acids is 1. The van der Waals surface area contributed by atoms with Gasteiger partial charge in [-0.15, -0.1) is 0 Å². The number of aromatic nitrogens is 5. The van der Waals surface area contributed by atoms with Crippen molar-refractivity contribution in [3.63, 3.8) is 0 Å². The standard InChI is InChI=1S/C19H22N6O/c1-12(9-25-11-20-10-21-25)22-19(26)16-7-3-14(4-8-16)17-13(2)23-24-18(17)15-5-6-15/h3-4,7-8,10-12,15H,5-6,9H2,1-2H3,(H,22,26)(H,23,24)/t12-/m1/s1. The van der Waals surface area contributed by atoms with E-state index in [1.54, 1.807) is 11.0 Å². The van der Waals surface area contributed by atoms with Crippen molar-refractivity contribution in [2.24, 2.45) is 0 Å². The molecule has 1 aromatic carbocycles. The normalized spacial score (nSPS) is 15.0. The number of H-pyrrole nitrogens is 1. The molecule has 0 bridgehead atoms. The van der Waals surface area contributed by atoms with Gasteiger partial charge in [0.25, 0.3) is 5.91 Å². The van der Waals surface area contributed by atoms with Crippen LogP contribution in [0.15, 0.2) is 36.9 Å². The number of hydrogen-bond acceptors (Lipinski definition) is 4. The lowest BCUT2D eigenvalue weighted by Gasteiger charge is -2.14. The van der Waals surface area contributed by atoms with Crippen LogP contribution >= 0.6 is 0 Å². The highest BCUT2D eigenvalue weighted by Gasteiger charge is 2.30. The van der Waals surface area contributed by atoms with Crippen molar-refractivity contribution in [3.8, 4) is 11.1 Å². The van der Waals surface area contributed by atoms with Crippen LogP contribution in [0.4, 0.5) is 0 Å². The second-order valence-electron chi connectivity index (χ2n) is 6.95. The first-order chi connectivity index (χ1) is 12.6. The molecular weight excluding hydrogens is 328 g/mol. The predicted molar refractivity (Wildman–Crippen MR) is 97.7 cm³/mol. The van der Waals surface area contributed by atoms with Crippen LogP contribution in [0.5, 0.6) is 0 Å². The van der Waals surface area contributed by atoms with Crippen LogP contribution in [0.3, 0.4) is 0 Å². The monoisotopic (exact) mass is 350 g/mol. The Morgan fingerprint density at radius 2 is 2.12 bits per heavy atom. The van der Waals surface area contributed by atoms with Gasteiger partial charge in [-0.05, 0) is 44.4 Å². The Morgan fingerprint density at radius 1 is 1.35 bits per heavy atom. The lowest BCUT2D eigenvalue weighted by molar-refractivity contribution is 0.0936. The zero-order valence-corrected chi connectivity index (χ0v) is 14.9. The maximum Gasteiger partial charge on any atom is 0.251 e. The molecule has 134 valence electrons. The third-order valence-electron chi connectivity index (χ3n) is 4.68. The number of benzene rings is 1. The Labute approximate surface area is 151 Å². The van der Waals surface area contributed by atoms with E-state index in [9.17, 15) is 4.79 Å². The second kappa shape index (κ2) is 6.74. The van der Waals surface area contributed by atoms with Crippen LogP contribution in [0, 0.1) is 6.92 Å². The zero-order valence-electron chi connectivity index (χ0n) is 14.9. The van der Waals surface area contributed by atoms with E-state index in [0.29, 0.717) is 18.0 Å². The Kier molecular flexibility index (Phi) is 4.28. The minimum Gasteiger partial charge on any atom is -0.348 e. The molecule has 7 nitrogen and oxygen atoms in total. The number of rotatable bonds is 6. The highest BCUT2D eigenvalue weighted by molar-refractivity contribution is 5.95. The van der Waals surface area contributed by atoms with Crippen LogP contribution in [-0.2, 0) is 6.54 Å². The first-order valence-corrected chi connectivity index (χ1v) is 8.90. The van der Waals surface area contributed by atoms with Crippen molar-refractivity contribution >= 4 is 5.91 Å². The first kappa shape index (κ1) is 16.5. The summed E-state index contributed by atoms with van der Waals surface area (Å²) in [5, 5.41) is 14.6. The summed E-state index contributed by atoms with van der Waals surface area (Å²) in [7, 11) is 0. The number of aromatic amines is 1. The fourth-order valence-electron chi connectivity index (χ4n) is 3.21. The van der Waals surface area contributed by atoms with E-state index in [1.807, 2.05) is 38.1 Å². The molecule has 1 amide bonds. The first-order valence-electron chi connectivity index (χ1n) is 8.90. The zero-order chi connectivity index (χ0) is 18.1. The van der Waals surface area contributed by atoms with Crippen molar-refractivity contribution in [2.75, 3.05) is 0 Å². The van der Waals surface area contributed by atoms with E-state index in [2.05, 4.69) is 25.6 Å². The molecule has 0 saturated heterocycles. The minimum absolute atomic E-state index is 0.0403. The van der Waals surface area contributed by atoms with Crippen LogP contribution in [0.25, 0.3) is 11.1 Å². The summed E-state index contributed by atoms with van der Waals surface area (Å²) in [6, 6.07) is 7.70. The number of hydrogen-bond donors (Lipinski definition) is 2. The second-order valence-corrected chi connectivity index (χ2v) is 6.95. The summed E-state index contributed by atoms with van der Waals surface area (Å²) in [6.45, 7) is 4.58. The molecule has 7 heteroatoms. The van der Waals surface area contributed by atoms with Gasteiger partial charge in [0.1, 0.15) is 12.7 Å². The van der Waals surface area contributed by atoms with Crippen LogP contribution in [0.2, 0.25) is 0 Å². The number of amides is 1. The average molecular weight is 350 g/mol. The van der Waals surface area contributed by atoms with Crippen molar-refractivity contribution in [1.82, 2.24) is 30.3 Å². The van der Waals surface area contributed by atoms with E-state index in [0.717, 1.165) is 17.0 Å². The Morgan fingerprint density at radius 3 is 2.77 bits per heavy atom. The molecule has 3 aromatic rings. The fourth-order valence-corrected chi connectivity index (χ4v) is 3.21. The minimum atomic E-state index is -0.0875. The Balaban J connectivity index is 1.46. The summed E-state index contributed by atoms with van der Waals surface area (Å²) < 4.78 is 1.70. The van der Waals surface area contributed by atoms with Crippen LogP contribution in [-0.4, -0.2) is 36.9 Å². The van der Waals surface area contributed by atoms with Gasteiger partial charge < -0.3 is 5.32 Å². The maximum atomic E-state index is 12.5. The van der Waals surface area contributed by atoms with Gasteiger partial charge >= 0.3 is 0 Å². The molecule has 1 aliphatic carbocycles. The molecule has 0 spiro atoms. The largest absolute Gasteiger partial charge is 0.348 e. The molecule has 1 atom stereocenters. The van der Waals surface area contributed by atoms with E-state index in [4.69, 9.17) is 0 Å². The third-order valence-corrected chi connectivity index (χ3v) is 4.68. The van der Waals surface area contributed by atoms with E-state index in [1.165, 1.54) is 24.7 Å². The molecule has 26 heavy (non-hydrogen) atoms. The summed E-state index contributed by atoms with van der Waals surface area (Å²) in [4.78, 5) is 16.4. The third kappa shape index (κ3) is 3.37. The van der Waals surface area contributed by atoms with Crippen molar-refractivity contribution < 1.29 is 4.79 Å². The highest BCUT2D eigenvalue weighted by Crippen LogP contribution is 2.44. The number of nitrogens with one attached hydrogen (secondary N) is 2. The van der Waals surface area contributed by atoms with Gasteiger partial charge in [0.05, 0.1) is 12.2 Å². The fraction of sp³-hybridized carbons (Fsp3) is 0.368. The van der Waals surface area contributed by atoms with Gasteiger partial charge in [0, 0.05) is 28.8 Å². The molecule has 2 N–H and O–H groups in total. The SMILES string of the molecule is Cc1[nH]nc(C2CC2)c1-c1ccc(C(=O)N[C@H](C)Cn2cncn2)cc1. The Bertz CT molecular complexity index is 893. The van der Waals surface area contributed by atoms with E-state index >= 15 is 0 Å². The number of carbonyl (C=O) groups is 1. The molecule has 4 rings (SSSR count). The van der Waals surface area contributed by atoms with Gasteiger partial charge in [-0.25, -0.2) is 4.98 Å². The smallest absolute Gasteiger partial charge is 0.251 e. The van der Waals surface area contributed by atoms with Crippen molar-refractivity contribution in [3.05, 3.63) is 53.9 Å². The van der Waals surface area contributed by atoms with Gasteiger partial charge in [0.2, 0.25) is 0 Å². The maximum absolute atomic E-state index is 12.5. The average Bonchev–Trinajstić information content (AvgIpc) is 3.21. The molecule has 2 heterocycles. The number of aryl methyl sites for hydroxylation is 1. The van der Waals surface area contributed by atoms with Gasteiger partial charge in [-0.1, -0.05) is 12.1 Å². The number of nitrogens with zero attached hydrogens (tertiary/aromatic N) is 4.